The molecule has 0 aliphatic rings. The van der Waals surface area contributed by atoms with Crippen molar-refractivity contribution in [3.05, 3.63) is 29.8 Å². The van der Waals surface area contributed by atoms with Gasteiger partial charge in [-0.3, -0.25) is 4.79 Å². The molecule has 0 saturated carbocycles. The molecule has 0 amide bonds. The predicted molar refractivity (Wildman–Crippen MR) is 117 cm³/mol. The van der Waals surface area contributed by atoms with Crippen LogP contribution in [-0.4, -0.2) is 23.8 Å². The number of unbranched alkanes of at least 4 members (excludes halogenated alkanes) is 12. The molecule has 172 valence electrons. The van der Waals surface area contributed by atoms with Crippen LogP contribution in [0.15, 0.2) is 24.3 Å². The molecule has 0 radical (unpaired) electrons. The average molecular weight is 430 g/mol. The van der Waals surface area contributed by atoms with Crippen molar-refractivity contribution in [1.82, 2.24) is 0 Å². The largest absolute Gasteiger partial charge is 0.481 e. The Kier molecular flexibility index (Phi) is 14.1. The summed E-state index contributed by atoms with van der Waals surface area (Å²) in [6.45, 7) is 0.932. The highest BCUT2D eigenvalue weighted by Crippen LogP contribution is 2.23. The van der Waals surface area contributed by atoms with Crippen LogP contribution in [0.5, 0.6) is 0 Å². The van der Waals surface area contributed by atoms with Crippen molar-refractivity contribution in [1.29, 1.82) is 0 Å². The minimum atomic E-state index is -3.99. The first-order valence-corrected chi connectivity index (χ1v) is 11.5. The van der Waals surface area contributed by atoms with Gasteiger partial charge < -0.3 is 10.4 Å². The molecule has 3 nitrogen and oxygen atoms in total. The molecule has 0 aromatic heterocycles. The van der Waals surface area contributed by atoms with Gasteiger partial charge in [-0.05, 0) is 30.5 Å². The van der Waals surface area contributed by atoms with E-state index in [1.807, 2.05) is 24.3 Å². The summed E-state index contributed by atoms with van der Waals surface area (Å²) in [5, 5.41) is 12.1. The van der Waals surface area contributed by atoms with Crippen molar-refractivity contribution in [3.8, 4) is 0 Å². The van der Waals surface area contributed by atoms with Crippen LogP contribution in [0.25, 0.3) is 0 Å². The molecule has 0 saturated heterocycles. The fourth-order valence-corrected chi connectivity index (χ4v) is 3.54. The van der Waals surface area contributed by atoms with Gasteiger partial charge in [-0.15, -0.1) is 0 Å². The molecule has 0 fully saturated rings. The van der Waals surface area contributed by atoms with Gasteiger partial charge in [0.1, 0.15) is 0 Å². The van der Waals surface area contributed by atoms with Crippen molar-refractivity contribution < 1.29 is 23.1 Å². The van der Waals surface area contributed by atoms with Crippen LogP contribution in [0.3, 0.4) is 0 Å². The lowest BCUT2D eigenvalue weighted by atomic mass is 10.0. The molecule has 0 atom stereocenters. The van der Waals surface area contributed by atoms with E-state index in [0.29, 0.717) is 6.42 Å². The Morgan fingerprint density at radius 1 is 0.733 bits per heavy atom. The maximum Gasteiger partial charge on any atom is 0.389 e. The summed E-state index contributed by atoms with van der Waals surface area (Å²) in [5.74, 6) is -0.811. The zero-order chi connectivity index (χ0) is 22.1. The van der Waals surface area contributed by atoms with Crippen LogP contribution in [0.1, 0.15) is 95.5 Å². The SMILES string of the molecule is O=C(O)Cc1ccc(NCCCCCCCCCCCCCCCC(F)(F)F)cc1. The van der Waals surface area contributed by atoms with Crippen LogP contribution in [-0.2, 0) is 11.2 Å². The molecule has 0 aliphatic carbocycles. The summed E-state index contributed by atoms with van der Waals surface area (Å²) >= 11 is 0. The molecule has 0 heterocycles. The standard InChI is InChI=1S/C24H38F3NO2/c25-24(26,27)18-12-10-8-6-4-2-1-3-5-7-9-11-13-19-28-22-16-14-21(15-17-22)20-23(29)30/h14-17,28H,1-13,18-20H2,(H,29,30). The Balaban J connectivity index is 1.82. The topological polar surface area (TPSA) is 49.3 Å². The van der Waals surface area contributed by atoms with E-state index in [1.54, 1.807) is 0 Å². The van der Waals surface area contributed by atoms with Gasteiger partial charge >= 0.3 is 12.1 Å². The molecule has 1 aromatic rings. The second-order valence-corrected chi connectivity index (χ2v) is 8.16. The van der Waals surface area contributed by atoms with Crippen LogP contribution in [0.2, 0.25) is 0 Å². The maximum absolute atomic E-state index is 12.0. The minimum absolute atomic E-state index is 0.0612. The quantitative estimate of drug-likeness (QED) is 0.235. The molecule has 1 rings (SSSR count). The Hall–Kier alpha value is -1.72. The van der Waals surface area contributed by atoms with E-state index in [4.69, 9.17) is 5.11 Å². The maximum atomic E-state index is 12.0. The number of alkyl halides is 3. The van der Waals surface area contributed by atoms with Crippen LogP contribution < -0.4 is 5.32 Å². The number of carboxylic acids is 1. The summed E-state index contributed by atoms with van der Waals surface area (Å²) in [7, 11) is 0. The first kappa shape index (κ1) is 26.3. The fourth-order valence-electron chi connectivity index (χ4n) is 3.54. The average Bonchev–Trinajstić information content (AvgIpc) is 2.67. The van der Waals surface area contributed by atoms with Crippen molar-refractivity contribution in [2.45, 2.75) is 102 Å². The van der Waals surface area contributed by atoms with Crippen LogP contribution in [0, 0.1) is 0 Å². The molecular formula is C24H38F3NO2. The van der Waals surface area contributed by atoms with Gasteiger partial charge in [-0.2, -0.15) is 13.2 Å². The van der Waals surface area contributed by atoms with Gasteiger partial charge in [0.2, 0.25) is 0 Å². The normalized spacial score (nSPS) is 11.6. The van der Waals surface area contributed by atoms with E-state index >= 15 is 0 Å². The first-order valence-electron chi connectivity index (χ1n) is 11.5. The number of benzene rings is 1. The summed E-state index contributed by atoms with van der Waals surface area (Å²) in [6.07, 6.45) is 9.37. The molecule has 0 spiro atoms. The number of carbonyl (C=O) groups is 1. The smallest absolute Gasteiger partial charge is 0.389 e. The molecule has 30 heavy (non-hydrogen) atoms. The number of hydrogen-bond acceptors (Lipinski definition) is 2. The van der Waals surface area contributed by atoms with Crippen molar-refractivity contribution in [2.24, 2.45) is 0 Å². The number of hydrogen-bond donors (Lipinski definition) is 2. The van der Waals surface area contributed by atoms with Gasteiger partial charge in [0.25, 0.3) is 0 Å². The fraction of sp³-hybridized carbons (Fsp3) is 0.708. The summed E-state index contributed by atoms with van der Waals surface area (Å²) in [5.41, 5.74) is 1.85. The molecular weight excluding hydrogens is 391 g/mol. The number of anilines is 1. The van der Waals surface area contributed by atoms with Gasteiger partial charge in [-0.1, -0.05) is 82.8 Å². The highest BCUT2D eigenvalue weighted by molar-refractivity contribution is 5.70. The summed E-state index contributed by atoms with van der Waals surface area (Å²) < 4.78 is 36.0. The second kappa shape index (κ2) is 16.0. The van der Waals surface area contributed by atoms with Gasteiger partial charge in [0.05, 0.1) is 6.42 Å². The number of nitrogens with one attached hydrogen (secondary N) is 1. The van der Waals surface area contributed by atoms with Crippen molar-refractivity contribution in [2.75, 3.05) is 11.9 Å². The Bertz CT molecular complexity index is 559. The Labute approximate surface area is 179 Å². The van der Waals surface area contributed by atoms with Crippen LogP contribution in [0.4, 0.5) is 18.9 Å². The van der Waals surface area contributed by atoms with Crippen LogP contribution >= 0.6 is 0 Å². The lowest BCUT2D eigenvalue weighted by molar-refractivity contribution is -0.136. The van der Waals surface area contributed by atoms with Crippen molar-refractivity contribution in [3.63, 3.8) is 0 Å². The van der Waals surface area contributed by atoms with Crippen molar-refractivity contribution >= 4 is 11.7 Å². The predicted octanol–water partition coefficient (Wildman–Crippen LogP) is 7.75. The minimum Gasteiger partial charge on any atom is -0.481 e. The monoisotopic (exact) mass is 429 g/mol. The van der Waals surface area contributed by atoms with Gasteiger partial charge in [0, 0.05) is 18.7 Å². The third-order valence-corrected chi connectivity index (χ3v) is 5.28. The lowest BCUT2D eigenvalue weighted by Crippen LogP contribution is -2.06. The zero-order valence-electron chi connectivity index (χ0n) is 18.1. The highest BCUT2D eigenvalue weighted by atomic mass is 19.4. The van der Waals surface area contributed by atoms with E-state index in [-0.39, 0.29) is 12.8 Å². The van der Waals surface area contributed by atoms with E-state index in [2.05, 4.69) is 5.32 Å². The summed E-state index contributed by atoms with van der Waals surface area (Å²) in [6, 6.07) is 7.57. The third kappa shape index (κ3) is 16.1. The Morgan fingerprint density at radius 3 is 1.60 bits per heavy atom. The van der Waals surface area contributed by atoms with E-state index in [1.165, 1.54) is 44.9 Å². The molecule has 6 heteroatoms. The first-order chi connectivity index (χ1) is 14.4. The molecule has 0 bridgehead atoms. The lowest BCUT2D eigenvalue weighted by Gasteiger charge is -2.07. The van der Waals surface area contributed by atoms with Gasteiger partial charge in [-0.25, -0.2) is 0 Å². The highest BCUT2D eigenvalue weighted by Gasteiger charge is 2.25. The number of aliphatic carboxylic acids is 1. The van der Waals surface area contributed by atoms with E-state index in [0.717, 1.165) is 43.5 Å². The van der Waals surface area contributed by atoms with Gasteiger partial charge in [0.15, 0.2) is 0 Å². The number of rotatable bonds is 18. The third-order valence-electron chi connectivity index (χ3n) is 5.28. The number of halogens is 3. The number of carboxylic acid groups (broad SMARTS) is 1. The molecule has 0 unspecified atom stereocenters. The second-order valence-electron chi connectivity index (χ2n) is 8.16. The zero-order valence-corrected chi connectivity index (χ0v) is 18.1. The van der Waals surface area contributed by atoms with E-state index in [9.17, 15) is 18.0 Å². The Morgan fingerprint density at radius 2 is 1.17 bits per heavy atom. The summed E-state index contributed by atoms with van der Waals surface area (Å²) in [4.78, 5) is 10.7. The molecule has 1 aromatic carbocycles. The molecule has 2 N–H and O–H groups in total. The van der Waals surface area contributed by atoms with E-state index < -0.39 is 18.6 Å². The molecule has 0 aliphatic heterocycles.